The van der Waals surface area contributed by atoms with Gasteiger partial charge in [0, 0.05) is 19.8 Å². The van der Waals surface area contributed by atoms with Gasteiger partial charge in [-0.05, 0) is 44.9 Å². The summed E-state index contributed by atoms with van der Waals surface area (Å²) in [5.41, 5.74) is 0. The molecule has 3 heterocycles. The zero-order valence-electron chi connectivity index (χ0n) is 55.4. The molecule has 0 aromatic rings. The number of ether oxygens (including phenoxy) is 6. The first-order valence-electron chi connectivity index (χ1n) is 35.2. The molecule has 23 nitrogen and oxygen atoms in total. The molecule has 3 aliphatic heterocycles. The molecule has 0 aromatic heterocycles. The van der Waals surface area contributed by atoms with E-state index in [1.807, 2.05) is 6.08 Å². The average molecular weight is 1310 g/mol. The molecular formula is C68H124N2O21. The number of nitrogens with one attached hydrogen (secondary N) is 2. The Labute approximate surface area is 543 Å². The van der Waals surface area contributed by atoms with Gasteiger partial charge in [0.15, 0.2) is 12.6 Å². The molecule has 3 fully saturated rings. The van der Waals surface area contributed by atoms with Gasteiger partial charge in [-0.2, -0.15) is 0 Å². The number of hydrogen-bond acceptors (Lipinski definition) is 20. The van der Waals surface area contributed by atoms with Crippen molar-refractivity contribution in [3.05, 3.63) is 24.3 Å². The predicted octanol–water partition coefficient (Wildman–Crippen LogP) is 6.45. The third-order valence-electron chi connectivity index (χ3n) is 17.9. The van der Waals surface area contributed by atoms with Crippen LogP contribution in [0.25, 0.3) is 0 Å². The van der Waals surface area contributed by atoms with Gasteiger partial charge >= 0.3 is 5.97 Å². The van der Waals surface area contributed by atoms with Gasteiger partial charge in [-0.1, -0.05) is 212 Å². The van der Waals surface area contributed by atoms with Crippen molar-refractivity contribution in [1.29, 1.82) is 0 Å². The number of carboxylic acid groups (broad SMARTS) is 1. The van der Waals surface area contributed by atoms with Crippen LogP contribution in [0.15, 0.2) is 24.3 Å². The van der Waals surface area contributed by atoms with Crippen LogP contribution in [0.5, 0.6) is 0 Å². The van der Waals surface area contributed by atoms with E-state index in [0.717, 1.165) is 77.6 Å². The van der Waals surface area contributed by atoms with E-state index in [9.17, 15) is 75.7 Å². The Bertz CT molecular complexity index is 1940. The van der Waals surface area contributed by atoms with Gasteiger partial charge in [-0.3, -0.25) is 9.59 Å². The van der Waals surface area contributed by atoms with Crippen LogP contribution in [0.2, 0.25) is 0 Å². The van der Waals surface area contributed by atoms with Crippen LogP contribution in [-0.2, 0) is 42.8 Å². The van der Waals surface area contributed by atoms with Gasteiger partial charge < -0.3 is 100 Å². The van der Waals surface area contributed by atoms with E-state index < -0.39 is 155 Å². The molecule has 0 radical (unpaired) electrons. The average Bonchev–Trinajstić information content (AvgIpc) is 0.779. The number of aliphatic carboxylic acids is 1. The first kappa shape index (κ1) is 82.4. The summed E-state index contributed by atoms with van der Waals surface area (Å²) in [6.45, 7) is 2.14. The third kappa shape index (κ3) is 31.3. The fourth-order valence-corrected chi connectivity index (χ4v) is 12.2. The van der Waals surface area contributed by atoms with Crippen molar-refractivity contribution in [3.63, 3.8) is 0 Å². The molecule has 0 bridgehead atoms. The monoisotopic (exact) mass is 1300 g/mol. The molecule has 14 N–H and O–H groups in total. The number of amides is 2. The summed E-state index contributed by atoms with van der Waals surface area (Å²) in [6.07, 6.45) is 19.3. The highest BCUT2D eigenvalue weighted by molar-refractivity contribution is 5.77. The van der Waals surface area contributed by atoms with E-state index in [-0.39, 0.29) is 12.3 Å². The van der Waals surface area contributed by atoms with Crippen LogP contribution in [-0.4, -0.2) is 215 Å². The Kier molecular flexibility index (Phi) is 44.2. The molecule has 18 atom stereocenters. The Morgan fingerprint density at radius 1 is 0.571 bits per heavy atom. The third-order valence-corrected chi connectivity index (χ3v) is 17.9. The van der Waals surface area contributed by atoms with E-state index in [2.05, 4.69) is 36.6 Å². The van der Waals surface area contributed by atoms with Crippen LogP contribution >= 0.6 is 0 Å². The van der Waals surface area contributed by atoms with Gasteiger partial charge in [-0.25, -0.2) is 4.79 Å². The second-order valence-corrected chi connectivity index (χ2v) is 25.7. The molecule has 0 spiro atoms. The molecule has 0 aromatic carbocycles. The first-order chi connectivity index (χ1) is 43.9. The minimum Gasteiger partial charge on any atom is -0.477 e. The number of carbonyl (C=O) groups excluding carboxylic acids is 2. The molecule has 3 rings (SSSR count). The fraction of sp³-hybridized carbons (Fsp3) is 0.897. The highest BCUT2D eigenvalue weighted by Gasteiger charge is 2.60. The normalized spacial score (nSPS) is 28.5. The minimum atomic E-state index is -3.08. The summed E-state index contributed by atoms with van der Waals surface area (Å²) >= 11 is 0. The maximum atomic E-state index is 13.5. The summed E-state index contributed by atoms with van der Waals surface area (Å²) in [5, 5.41) is 136. The maximum absolute atomic E-state index is 13.5. The topological polar surface area (TPSA) is 373 Å². The van der Waals surface area contributed by atoms with Crippen molar-refractivity contribution in [3.8, 4) is 0 Å². The van der Waals surface area contributed by atoms with Crippen molar-refractivity contribution in [2.24, 2.45) is 0 Å². The number of rotatable bonds is 53. The van der Waals surface area contributed by atoms with Crippen molar-refractivity contribution < 1.29 is 104 Å². The quantitative estimate of drug-likeness (QED) is 0.0230. The predicted molar refractivity (Wildman–Crippen MR) is 343 cm³/mol. The second-order valence-electron chi connectivity index (χ2n) is 25.7. The van der Waals surface area contributed by atoms with Gasteiger partial charge in [0.05, 0.1) is 50.7 Å². The van der Waals surface area contributed by atoms with Crippen LogP contribution in [0.3, 0.4) is 0 Å². The SMILES string of the molecule is CCCCCCCCCCCCC/C=C\CCCCCCCCCC(=O)NC(COC1OC(CO)C(OC2OC(CO)C(O)C(OC3(C(=O)O)CC(O)C(NC(C)=O)C(C(O)C(O)CO)O3)C2O)C(O)C1O)C(O)/C=C/CCCCCCCCCCCCCCC. The Balaban J connectivity index is 1.59. The van der Waals surface area contributed by atoms with E-state index in [0.29, 0.717) is 12.8 Å². The molecule has 0 saturated carbocycles. The van der Waals surface area contributed by atoms with Gasteiger partial charge in [0.1, 0.15) is 67.1 Å². The number of hydrogen-bond donors (Lipinski definition) is 14. The molecule has 532 valence electrons. The number of carboxylic acids is 1. The fourth-order valence-electron chi connectivity index (χ4n) is 12.2. The first-order valence-corrected chi connectivity index (χ1v) is 35.2. The van der Waals surface area contributed by atoms with Crippen molar-refractivity contribution in [2.75, 3.05) is 26.4 Å². The lowest BCUT2D eigenvalue weighted by Crippen LogP contribution is -2.70. The minimum absolute atomic E-state index is 0.196. The zero-order chi connectivity index (χ0) is 66.8. The van der Waals surface area contributed by atoms with E-state index in [4.69, 9.17) is 28.4 Å². The summed E-state index contributed by atoms with van der Waals surface area (Å²) in [7, 11) is 0. The van der Waals surface area contributed by atoms with Crippen LogP contribution in [0.1, 0.15) is 252 Å². The molecule has 3 saturated heterocycles. The molecule has 91 heavy (non-hydrogen) atoms. The Morgan fingerprint density at radius 3 is 1.49 bits per heavy atom. The summed E-state index contributed by atoms with van der Waals surface area (Å²) < 4.78 is 34.8. The zero-order valence-corrected chi connectivity index (χ0v) is 55.4. The number of carbonyl (C=O) groups is 3. The molecular weight excluding hydrogens is 1180 g/mol. The van der Waals surface area contributed by atoms with Crippen LogP contribution in [0.4, 0.5) is 0 Å². The molecule has 0 aliphatic carbocycles. The van der Waals surface area contributed by atoms with Gasteiger partial charge in [0.2, 0.25) is 11.8 Å². The number of unbranched alkanes of at least 4 members (excludes halogenated alkanes) is 31. The summed E-state index contributed by atoms with van der Waals surface area (Å²) in [4.78, 5) is 38.5. The van der Waals surface area contributed by atoms with E-state index in [1.165, 1.54) is 135 Å². The largest absolute Gasteiger partial charge is 0.477 e. The smallest absolute Gasteiger partial charge is 0.364 e. The maximum Gasteiger partial charge on any atom is 0.364 e. The van der Waals surface area contributed by atoms with E-state index >= 15 is 0 Å². The van der Waals surface area contributed by atoms with Crippen LogP contribution < -0.4 is 10.6 Å². The lowest BCUT2D eigenvalue weighted by Gasteiger charge is -2.50. The molecule has 3 aliphatic rings. The highest BCUT2D eigenvalue weighted by Crippen LogP contribution is 2.39. The van der Waals surface area contributed by atoms with Crippen molar-refractivity contribution in [2.45, 2.75) is 362 Å². The molecule has 2 amide bonds. The summed E-state index contributed by atoms with van der Waals surface area (Å²) in [6, 6.07) is -2.62. The number of aliphatic hydroxyl groups excluding tert-OH is 11. The lowest BCUT2D eigenvalue weighted by molar-refractivity contribution is -0.386. The number of allylic oxidation sites excluding steroid dienone is 3. The second kappa shape index (κ2) is 48.8. The van der Waals surface area contributed by atoms with Gasteiger partial charge in [-0.15, -0.1) is 0 Å². The lowest BCUT2D eigenvalue weighted by atomic mass is 9.88. The van der Waals surface area contributed by atoms with Gasteiger partial charge in [0.25, 0.3) is 5.79 Å². The van der Waals surface area contributed by atoms with Crippen LogP contribution in [0, 0.1) is 0 Å². The van der Waals surface area contributed by atoms with E-state index in [1.54, 1.807) is 6.08 Å². The highest BCUT2D eigenvalue weighted by atomic mass is 16.8. The standard InChI is InChI=1S/C68H124N2O21/c1-4-6-8-10-12-14-16-18-20-21-22-23-24-25-26-28-30-32-34-36-38-40-42-55(78)70-49(50(75)41-39-37-35-33-31-29-27-19-17-15-13-11-9-7-5-2)47-86-65-60(82)59(81)62(54(46-73)88-65)89-66-61(83)64(58(80)53(45-72)87-66)91-68(67(84)85)43-51(76)56(69-48(3)74)63(90-68)57(79)52(77)44-71/h24-25,39,41,49-54,56-66,71-73,75-77,79-83H,4-23,26-38,40,42-47H2,1-3H3,(H,69,74)(H,70,78)(H,84,85)/b25-24-,41-39+. The Morgan fingerprint density at radius 2 is 1.03 bits per heavy atom. The summed E-state index contributed by atoms with van der Waals surface area (Å²) in [5.74, 6) is -6.15. The molecule has 18 unspecified atom stereocenters. The molecule has 23 heteroatoms. The number of aliphatic hydroxyl groups is 11. The van der Waals surface area contributed by atoms with Crippen molar-refractivity contribution >= 4 is 17.8 Å². The van der Waals surface area contributed by atoms with Crippen molar-refractivity contribution in [1.82, 2.24) is 10.6 Å². The Hall–Kier alpha value is -2.79.